The molecule has 2 heterocycles. The molecule has 0 aliphatic rings. The highest BCUT2D eigenvalue weighted by molar-refractivity contribution is 6.02. The second-order valence-electron chi connectivity index (χ2n) is 8.35. The number of carbonyl (C=O) groups is 2. The molecule has 0 aliphatic heterocycles. The van der Waals surface area contributed by atoms with Crippen molar-refractivity contribution in [2.24, 2.45) is 0 Å². The van der Waals surface area contributed by atoms with Gasteiger partial charge in [0.15, 0.2) is 0 Å². The van der Waals surface area contributed by atoms with E-state index in [1.54, 1.807) is 35.2 Å². The molecule has 0 saturated heterocycles. The Morgan fingerprint density at radius 1 is 0.972 bits per heavy atom. The van der Waals surface area contributed by atoms with Crippen molar-refractivity contribution in [1.29, 1.82) is 0 Å². The van der Waals surface area contributed by atoms with Crippen LogP contribution < -0.4 is 15.8 Å². The van der Waals surface area contributed by atoms with Gasteiger partial charge >= 0.3 is 0 Å². The molecule has 0 unspecified atom stereocenters. The Balaban J connectivity index is 1.24. The lowest BCUT2D eigenvalue weighted by molar-refractivity contribution is -0.118. The lowest BCUT2D eigenvalue weighted by Crippen LogP contribution is -2.31. The number of furan rings is 1. The first-order chi connectivity index (χ1) is 17.5. The molecule has 180 valence electrons. The summed E-state index contributed by atoms with van der Waals surface area (Å²) in [6.07, 6.45) is 1.60. The lowest BCUT2D eigenvalue weighted by atomic mass is 10.1. The van der Waals surface area contributed by atoms with Gasteiger partial charge in [-0.25, -0.2) is 4.98 Å². The number of para-hydroxylation sites is 2. The summed E-state index contributed by atoms with van der Waals surface area (Å²) in [6, 6.07) is 23.9. The average Bonchev–Trinajstić information content (AvgIpc) is 3.27. The number of rotatable bonds is 7. The van der Waals surface area contributed by atoms with Crippen LogP contribution in [0.15, 0.2) is 94.4 Å². The van der Waals surface area contributed by atoms with Crippen LogP contribution in [0.1, 0.15) is 12.5 Å². The van der Waals surface area contributed by atoms with E-state index in [1.807, 2.05) is 55.5 Å². The van der Waals surface area contributed by atoms with E-state index in [9.17, 15) is 14.4 Å². The van der Waals surface area contributed by atoms with Crippen LogP contribution in [-0.2, 0) is 22.6 Å². The molecular formula is C28H24N4O4. The number of carbonyl (C=O) groups excluding carboxylic acids is 2. The van der Waals surface area contributed by atoms with E-state index in [0.29, 0.717) is 23.3 Å². The minimum Gasteiger partial charge on any atom is -0.448 e. The molecule has 3 aromatic carbocycles. The summed E-state index contributed by atoms with van der Waals surface area (Å²) in [6.45, 7) is 2.31. The van der Waals surface area contributed by atoms with Crippen molar-refractivity contribution in [3.8, 4) is 0 Å². The molecule has 0 fully saturated rings. The Hall–Kier alpha value is -4.72. The highest BCUT2D eigenvalue weighted by Crippen LogP contribution is 2.24. The number of hydrogen-bond acceptors (Lipinski definition) is 5. The lowest BCUT2D eigenvalue weighted by Gasteiger charge is -2.21. The van der Waals surface area contributed by atoms with Crippen molar-refractivity contribution in [3.05, 3.63) is 101 Å². The van der Waals surface area contributed by atoms with E-state index < -0.39 is 5.56 Å². The fourth-order valence-corrected chi connectivity index (χ4v) is 4.17. The fourth-order valence-electron chi connectivity index (χ4n) is 4.17. The molecule has 0 atom stereocenters. The van der Waals surface area contributed by atoms with Crippen molar-refractivity contribution in [2.75, 3.05) is 16.8 Å². The quantitative estimate of drug-likeness (QED) is 0.373. The number of fused-ring (bicyclic) bond motifs is 3. The maximum Gasteiger partial charge on any atom is 0.297 e. The molecular weight excluding hydrogens is 456 g/mol. The van der Waals surface area contributed by atoms with Crippen LogP contribution in [0.5, 0.6) is 0 Å². The van der Waals surface area contributed by atoms with Crippen molar-refractivity contribution >= 4 is 45.3 Å². The second-order valence-corrected chi connectivity index (χ2v) is 8.35. The summed E-state index contributed by atoms with van der Waals surface area (Å²) in [5.74, 6) is -0.382. The molecule has 0 bridgehead atoms. The summed E-state index contributed by atoms with van der Waals surface area (Å²) in [7, 11) is 0. The van der Waals surface area contributed by atoms with E-state index in [1.165, 1.54) is 10.9 Å². The van der Waals surface area contributed by atoms with E-state index in [-0.39, 0.29) is 30.4 Å². The third-order valence-electron chi connectivity index (χ3n) is 5.94. The number of nitrogens with one attached hydrogen (secondary N) is 1. The van der Waals surface area contributed by atoms with Gasteiger partial charge in [-0.15, -0.1) is 0 Å². The number of amides is 2. The summed E-state index contributed by atoms with van der Waals surface area (Å²) >= 11 is 0. The zero-order valence-corrected chi connectivity index (χ0v) is 19.7. The predicted molar refractivity (Wildman–Crippen MR) is 139 cm³/mol. The summed E-state index contributed by atoms with van der Waals surface area (Å²) < 4.78 is 6.88. The molecule has 5 rings (SSSR count). The van der Waals surface area contributed by atoms with Gasteiger partial charge in [-0.05, 0) is 48.9 Å². The highest BCUT2D eigenvalue weighted by atomic mass is 16.3. The van der Waals surface area contributed by atoms with Gasteiger partial charge in [0.05, 0.1) is 12.7 Å². The molecule has 5 aromatic rings. The minimum atomic E-state index is -0.417. The van der Waals surface area contributed by atoms with Crippen molar-refractivity contribution in [3.63, 3.8) is 0 Å². The predicted octanol–water partition coefficient (Wildman–Crippen LogP) is 4.38. The first-order valence-electron chi connectivity index (χ1n) is 11.6. The zero-order valence-electron chi connectivity index (χ0n) is 19.7. The largest absolute Gasteiger partial charge is 0.448 e. The molecule has 2 aromatic heterocycles. The monoisotopic (exact) mass is 480 g/mol. The van der Waals surface area contributed by atoms with E-state index >= 15 is 0 Å². The molecule has 1 N–H and O–H groups in total. The second kappa shape index (κ2) is 9.87. The van der Waals surface area contributed by atoms with Gasteiger partial charge < -0.3 is 14.6 Å². The Morgan fingerprint density at radius 3 is 2.44 bits per heavy atom. The van der Waals surface area contributed by atoms with Crippen LogP contribution in [0.4, 0.5) is 11.4 Å². The third kappa shape index (κ3) is 4.61. The maximum atomic E-state index is 12.8. The topological polar surface area (TPSA) is 97.4 Å². The van der Waals surface area contributed by atoms with Crippen LogP contribution in [0, 0.1) is 0 Å². The first-order valence-corrected chi connectivity index (χ1v) is 11.6. The number of anilines is 2. The maximum absolute atomic E-state index is 12.8. The molecule has 0 radical (unpaired) electrons. The standard InChI is InChI=1S/C28H24N4O4/c1-2-32(21-8-4-3-5-9-21)25(34)16-19-12-14-20(15-13-19)30-24(33)17-31-18-29-26-22-10-6-7-11-23(22)36-27(26)28(31)35/h3-15,18H,2,16-17H2,1H3,(H,30,33). The van der Waals surface area contributed by atoms with Crippen molar-refractivity contribution in [2.45, 2.75) is 19.9 Å². The molecule has 8 heteroatoms. The highest BCUT2D eigenvalue weighted by Gasteiger charge is 2.16. The number of aromatic nitrogens is 2. The van der Waals surface area contributed by atoms with Gasteiger partial charge in [0.2, 0.25) is 17.4 Å². The van der Waals surface area contributed by atoms with Gasteiger partial charge in [-0.1, -0.05) is 42.5 Å². The Labute approximate surface area is 206 Å². The van der Waals surface area contributed by atoms with Gasteiger partial charge in [-0.2, -0.15) is 0 Å². The Morgan fingerprint density at radius 2 is 1.69 bits per heavy atom. The summed E-state index contributed by atoms with van der Waals surface area (Å²) in [5, 5.41) is 3.54. The van der Waals surface area contributed by atoms with Crippen LogP contribution in [0.2, 0.25) is 0 Å². The number of benzene rings is 3. The van der Waals surface area contributed by atoms with Crippen molar-refractivity contribution in [1.82, 2.24) is 9.55 Å². The third-order valence-corrected chi connectivity index (χ3v) is 5.94. The molecule has 0 spiro atoms. The smallest absolute Gasteiger partial charge is 0.297 e. The number of hydrogen-bond donors (Lipinski definition) is 1. The summed E-state index contributed by atoms with van der Waals surface area (Å²) in [4.78, 5) is 44.3. The van der Waals surface area contributed by atoms with Gasteiger partial charge in [0.1, 0.15) is 17.6 Å². The number of likely N-dealkylation sites (N-methyl/N-ethyl adjacent to an activating group) is 1. The Kier molecular flexibility index (Phi) is 6.32. The van der Waals surface area contributed by atoms with Crippen LogP contribution in [0.3, 0.4) is 0 Å². The van der Waals surface area contributed by atoms with Crippen LogP contribution >= 0.6 is 0 Å². The minimum absolute atomic E-state index is 0.00617. The van der Waals surface area contributed by atoms with Gasteiger partial charge in [0.25, 0.3) is 5.56 Å². The van der Waals surface area contributed by atoms with Crippen molar-refractivity contribution < 1.29 is 14.0 Å². The van der Waals surface area contributed by atoms with Crippen LogP contribution in [0.25, 0.3) is 22.1 Å². The Bertz CT molecular complexity index is 1600. The summed E-state index contributed by atoms with van der Waals surface area (Å²) in [5.41, 5.74) is 3.02. The normalized spacial score (nSPS) is 11.0. The van der Waals surface area contributed by atoms with Crippen LogP contribution in [-0.4, -0.2) is 27.9 Å². The first kappa shape index (κ1) is 23.0. The fraction of sp³-hybridized carbons (Fsp3) is 0.143. The molecule has 8 nitrogen and oxygen atoms in total. The SMILES string of the molecule is CCN(C(=O)Cc1ccc(NC(=O)Cn2cnc3c(oc4ccccc43)c2=O)cc1)c1ccccc1. The average molecular weight is 481 g/mol. The van der Waals surface area contributed by atoms with E-state index in [4.69, 9.17) is 4.42 Å². The molecule has 36 heavy (non-hydrogen) atoms. The van der Waals surface area contributed by atoms with Gasteiger partial charge in [0, 0.05) is 23.3 Å². The molecule has 2 amide bonds. The number of nitrogens with zero attached hydrogens (tertiary/aromatic N) is 3. The van der Waals surface area contributed by atoms with E-state index in [2.05, 4.69) is 10.3 Å². The molecule has 0 aliphatic carbocycles. The zero-order chi connectivity index (χ0) is 25.1. The van der Waals surface area contributed by atoms with E-state index in [0.717, 1.165) is 16.6 Å². The van der Waals surface area contributed by atoms with Gasteiger partial charge in [-0.3, -0.25) is 19.0 Å². The molecule has 0 saturated carbocycles.